The number of cyclic esters (lactones) is 1. The fraction of sp³-hybridized carbons (Fsp3) is 0.408. The Morgan fingerprint density at radius 2 is 1.27 bits per heavy atom. The maximum Gasteiger partial charge on any atom is 0.354 e. The van der Waals surface area contributed by atoms with Gasteiger partial charge < -0.3 is 61.2 Å². The predicted molar refractivity (Wildman–Crippen MR) is 288 cm³/mol. The summed E-state index contributed by atoms with van der Waals surface area (Å²) in [6.07, 6.45) is 1.48. The Balaban J connectivity index is 1.03. The molecule has 9 N–H and O–H groups in total. The normalized spacial score (nSPS) is 20.6. The first-order valence-electron chi connectivity index (χ1n) is 25.3. The summed E-state index contributed by atoms with van der Waals surface area (Å²) in [5.74, 6) is -11.3. The molecule has 6 heterocycles. The number of aliphatic carboxylic acids is 2. The molecular weight excluding hydrogens is 1150 g/mol. The number of amides is 10. The number of piperazine rings is 2. The first-order valence-corrected chi connectivity index (χ1v) is 28.4. The van der Waals surface area contributed by atoms with Crippen LogP contribution in [-0.2, 0) is 59.7 Å². The number of carbonyl (C=O) groups excluding carboxylic acids is 10. The number of thioether (sulfide) groups is 3. The van der Waals surface area contributed by atoms with E-state index in [2.05, 4.69) is 47.4 Å². The van der Waals surface area contributed by atoms with Crippen molar-refractivity contribution in [3.05, 3.63) is 82.6 Å². The lowest BCUT2D eigenvalue weighted by Gasteiger charge is -2.33. The van der Waals surface area contributed by atoms with Crippen LogP contribution in [0.4, 0.5) is 9.59 Å². The van der Waals surface area contributed by atoms with Gasteiger partial charge in [0.05, 0.1) is 5.37 Å². The average Bonchev–Trinajstić information content (AvgIpc) is 4.25. The van der Waals surface area contributed by atoms with Gasteiger partial charge in [-0.1, -0.05) is 47.7 Å². The molecule has 0 bridgehead atoms. The molecule has 83 heavy (non-hydrogen) atoms. The van der Waals surface area contributed by atoms with Gasteiger partial charge in [0, 0.05) is 69.1 Å². The van der Waals surface area contributed by atoms with E-state index in [1.54, 1.807) is 20.9 Å². The number of aromatic hydroxyl groups is 1. The molecule has 7 atom stereocenters. The minimum atomic E-state index is -1.87. The molecule has 440 valence electrons. The number of hydrogen-bond donors (Lipinski definition) is 9. The zero-order chi connectivity index (χ0) is 59.8. The lowest BCUT2D eigenvalue weighted by molar-refractivity contribution is -0.153. The molecule has 2 fully saturated rings. The standard InChI is InChI=1S/C49H54N14O17S3/c1-4-60-14-16-62(41(69)39(60)67)47(77)54-30(24-6-10-27(64)11-7-24)35(65)51-33(43(71)72)37-50-29(18-23(20-81-37)21-83-49-56-57-58-59(49)3)45(75)80-28-12-8-25(9-13-28)31(55-48(78)63-17-15-61(5-2)40(68)42(63)70)36(66)52-34(44(73)74)38-53-32-26(22-82-38)19-79-46(32)76/h6-13,18,29-31,33-34,37-38,50,53,64H,4-5,14-17,19-22H2,1-3H3,(H,51,65)(H,52,66)(H,54,77)(H,55,78)(H,71,72)(H,73,74)/t29?,30-,31-,33?,34?,37?,38?/m1/s1. The van der Waals surface area contributed by atoms with Crippen molar-refractivity contribution in [2.24, 2.45) is 7.05 Å². The third-order valence-corrected chi connectivity index (χ3v) is 17.1. The molecule has 0 aliphatic carbocycles. The first kappa shape index (κ1) is 60.3. The van der Waals surface area contributed by atoms with E-state index in [0.717, 1.165) is 23.5 Å². The minimum absolute atomic E-state index is 0.00334. The third kappa shape index (κ3) is 13.9. The number of hydrogen-bond acceptors (Lipinski definition) is 23. The van der Waals surface area contributed by atoms with E-state index < -0.39 is 112 Å². The van der Waals surface area contributed by atoms with Gasteiger partial charge in [-0.25, -0.2) is 33.4 Å². The monoisotopic (exact) mass is 1210 g/mol. The summed E-state index contributed by atoms with van der Waals surface area (Å²) in [4.78, 5) is 164. The topological polar surface area (TPSA) is 413 Å². The highest BCUT2D eigenvalue weighted by Crippen LogP contribution is 2.31. The van der Waals surface area contributed by atoms with Gasteiger partial charge in [-0.15, -0.1) is 28.6 Å². The average molecular weight is 1210 g/mol. The fourth-order valence-electron chi connectivity index (χ4n) is 8.87. The van der Waals surface area contributed by atoms with Crippen LogP contribution in [0.1, 0.15) is 37.1 Å². The lowest BCUT2D eigenvalue weighted by Crippen LogP contribution is -2.60. The Morgan fingerprint density at radius 1 is 0.735 bits per heavy atom. The molecule has 0 saturated carbocycles. The Bertz CT molecular complexity index is 3180. The second-order valence-electron chi connectivity index (χ2n) is 18.7. The maximum atomic E-state index is 14.3. The minimum Gasteiger partial charge on any atom is -0.508 e. The van der Waals surface area contributed by atoms with Crippen LogP contribution >= 0.6 is 35.3 Å². The van der Waals surface area contributed by atoms with Crippen molar-refractivity contribution >= 4 is 107 Å². The number of nitrogens with zero attached hydrogens (tertiary/aromatic N) is 8. The van der Waals surface area contributed by atoms with E-state index >= 15 is 0 Å². The summed E-state index contributed by atoms with van der Waals surface area (Å²) in [5.41, 5.74) is 1.19. The molecule has 5 unspecified atom stereocenters. The number of aryl methyl sites for hydroxylation is 1. The van der Waals surface area contributed by atoms with Crippen molar-refractivity contribution in [2.45, 2.75) is 60.0 Å². The van der Waals surface area contributed by atoms with E-state index in [1.165, 1.54) is 80.9 Å². The van der Waals surface area contributed by atoms with Crippen LogP contribution in [0.3, 0.4) is 0 Å². The number of aromatic nitrogens is 4. The summed E-state index contributed by atoms with van der Waals surface area (Å²) in [6.45, 7) is 3.20. The molecule has 0 spiro atoms. The number of ether oxygens (including phenoxy) is 2. The van der Waals surface area contributed by atoms with E-state index in [-0.39, 0.29) is 91.5 Å². The van der Waals surface area contributed by atoms with Gasteiger partial charge in [0.15, 0.2) is 12.1 Å². The number of esters is 2. The number of phenolic OH excluding ortho intramolecular Hbond substituents is 1. The predicted octanol–water partition coefficient (Wildman–Crippen LogP) is -2.23. The maximum absolute atomic E-state index is 14.3. The molecule has 2 saturated heterocycles. The number of nitrogens with one attached hydrogen (secondary N) is 6. The van der Waals surface area contributed by atoms with Crippen molar-refractivity contribution in [3.63, 3.8) is 0 Å². The van der Waals surface area contributed by atoms with Crippen LogP contribution in [0.5, 0.6) is 11.5 Å². The van der Waals surface area contributed by atoms with Crippen molar-refractivity contribution in [2.75, 3.05) is 63.1 Å². The van der Waals surface area contributed by atoms with Crippen molar-refractivity contribution in [3.8, 4) is 11.5 Å². The summed E-state index contributed by atoms with van der Waals surface area (Å²) < 4.78 is 12.2. The van der Waals surface area contributed by atoms with Gasteiger partial charge >= 0.3 is 59.6 Å². The molecule has 5 aliphatic heterocycles. The molecule has 5 aliphatic rings. The highest BCUT2D eigenvalue weighted by Gasteiger charge is 2.43. The van der Waals surface area contributed by atoms with Gasteiger partial charge in [-0.3, -0.25) is 43.9 Å². The summed E-state index contributed by atoms with van der Waals surface area (Å²) in [5, 5.41) is 55.8. The number of tetrazole rings is 1. The smallest absolute Gasteiger partial charge is 0.354 e. The molecule has 2 aromatic carbocycles. The number of likely N-dealkylation sites (N-methyl/N-ethyl adjacent to an activating group) is 2. The zero-order valence-electron chi connectivity index (χ0n) is 44.2. The van der Waals surface area contributed by atoms with Crippen molar-refractivity contribution in [1.82, 2.24) is 71.7 Å². The quantitative estimate of drug-likeness (QED) is 0.0202. The second-order valence-corrected chi connectivity index (χ2v) is 21.9. The largest absolute Gasteiger partial charge is 0.508 e. The van der Waals surface area contributed by atoms with Gasteiger partial charge in [-0.2, -0.15) is 0 Å². The molecule has 34 heteroatoms. The summed E-state index contributed by atoms with van der Waals surface area (Å²) in [7, 11) is 1.60. The Labute approximate surface area is 483 Å². The van der Waals surface area contributed by atoms with Crippen LogP contribution in [0, 0.1) is 0 Å². The summed E-state index contributed by atoms with van der Waals surface area (Å²) >= 11 is 3.23. The highest BCUT2D eigenvalue weighted by molar-refractivity contribution is 8.01. The van der Waals surface area contributed by atoms with Crippen LogP contribution in [-0.4, -0.2) is 219 Å². The molecule has 31 nitrogen and oxygen atoms in total. The van der Waals surface area contributed by atoms with E-state index in [0.29, 0.717) is 26.1 Å². The second kappa shape index (κ2) is 26.4. The van der Waals surface area contributed by atoms with Crippen LogP contribution in [0.2, 0.25) is 0 Å². The highest BCUT2D eigenvalue weighted by atomic mass is 32.2. The molecule has 0 radical (unpaired) electrons. The Kier molecular flexibility index (Phi) is 19.2. The van der Waals surface area contributed by atoms with E-state index in [4.69, 9.17) is 9.47 Å². The molecule has 10 amide bonds. The molecule has 3 aromatic rings. The molecule has 1 aromatic heterocycles. The SMILES string of the molecule is CCN1CCN(C(=O)N[C@@H](C(=O)NC(C(=O)O)C2NC3=C(COC3=O)CS2)c2ccc(OC(=O)C3C=C(CSc4nnnn4C)CSC(C(NC(=O)[C@H](NC(=O)N4CCN(CC)C(=O)C4=O)c4ccc(O)cc4)C(=O)O)N3)cc2)C(=O)C1=O. The molecule has 8 rings (SSSR count). The number of urea groups is 2. The zero-order valence-corrected chi connectivity index (χ0v) is 46.6. The summed E-state index contributed by atoms with van der Waals surface area (Å²) in [6, 6.07) is -0.995. The lowest BCUT2D eigenvalue weighted by atomic mass is 10.0. The van der Waals surface area contributed by atoms with Crippen molar-refractivity contribution < 1.29 is 82.3 Å². The van der Waals surface area contributed by atoms with Gasteiger partial charge in [0.2, 0.25) is 17.0 Å². The van der Waals surface area contributed by atoms with E-state index in [1.807, 2.05) is 0 Å². The number of carboxylic acid groups (broad SMARTS) is 2. The number of benzene rings is 2. The van der Waals surface area contributed by atoms with Crippen molar-refractivity contribution in [1.29, 1.82) is 0 Å². The Morgan fingerprint density at radius 3 is 1.78 bits per heavy atom. The first-order chi connectivity index (χ1) is 39.6. The van der Waals surface area contributed by atoms with Crippen LogP contribution in [0.25, 0.3) is 0 Å². The number of rotatable bonds is 19. The number of carbonyl (C=O) groups is 12. The fourth-order valence-corrected chi connectivity index (χ4v) is 12.2. The third-order valence-electron chi connectivity index (χ3n) is 13.4. The number of carboxylic acids is 2. The number of phenols is 1. The van der Waals surface area contributed by atoms with E-state index in [9.17, 15) is 72.9 Å². The molecular formula is C49H54N14O17S3. The van der Waals surface area contributed by atoms with Gasteiger partial charge in [-0.05, 0) is 59.7 Å². The van der Waals surface area contributed by atoms with Crippen LogP contribution in [0.15, 0.2) is 76.6 Å². The van der Waals surface area contributed by atoms with Gasteiger partial charge in [0.1, 0.15) is 47.3 Å². The van der Waals surface area contributed by atoms with Crippen LogP contribution < -0.4 is 36.6 Å². The van der Waals surface area contributed by atoms with Gasteiger partial charge in [0.25, 0.3) is 0 Å². The Hall–Kier alpha value is -8.76. The number of imide groups is 2.